The van der Waals surface area contributed by atoms with E-state index >= 15 is 0 Å². The number of hydrogen-bond donors (Lipinski definition) is 0. The first kappa shape index (κ1) is 33.4. The van der Waals surface area contributed by atoms with Crippen LogP contribution < -0.4 is 9.80 Å². The third-order valence-corrected chi connectivity index (χ3v) is 11.2. The summed E-state index contributed by atoms with van der Waals surface area (Å²) < 4.78 is 0. The van der Waals surface area contributed by atoms with Gasteiger partial charge in [0.15, 0.2) is 0 Å². The number of benzene rings is 8. The largest absolute Gasteiger partial charge is 0.333 e. The minimum atomic E-state index is 0.193. The number of hydrogen-bond acceptors (Lipinski definition) is 2. The van der Waals surface area contributed by atoms with Crippen molar-refractivity contribution in [2.75, 3.05) is 9.80 Å². The summed E-state index contributed by atoms with van der Waals surface area (Å²) in [5.41, 5.74) is 17.0. The first-order chi connectivity index (χ1) is 27.8. The van der Waals surface area contributed by atoms with E-state index in [4.69, 9.17) is 0 Å². The third kappa shape index (κ3) is 6.12. The molecule has 0 amide bonds. The van der Waals surface area contributed by atoms with Gasteiger partial charge in [-0.1, -0.05) is 182 Å². The van der Waals surface area contributed by atoms with Crippen molar-refractivity contribution in [2.24, 2.45) is 0 Å². The van der Waals surface area contributed by atoms with Crippen molar-refractivity contribution in [3.63, 3.8) is 0 Å². The highest BCUT2D eigenvalue weighted by molar-refractivity contribution is 5.90. The number of fused-ring (bicyclic) bond motifs is 3. The summed E-state index contributed by atoms with van der Waals surface area (Å²) in [7, 11) is 0. The molecule has 0 spiro atoms. The van der Waals surface area contributed by atoms with Crippen molar-refractivity contribution < 1.29 is 0 Å². The SMILES string of the molecule is C1=CC2c3c(-c4ccccc4)cccc3N(c3ccccc3-c3ccc(N(c4ccccc4)c4ccc(-c5ccc(-c6ccccc6)cc5)cc4)cc3)C2C=C1. The van der Waals surface area contributed by atoms with Crippen molar-refractivity contribution in [1.29, 1.82) is 0 Å². The van der Waals surface area contributed by atoms with E-state index in [-0.39, 0.29) is 12.0 Å². The number of nitrogens with zero attached hydrogens (tertiary/aromatic N) is 2. The summed E-state index contributed by atoms with van der Waals surface area (Å²) in [6.07, 6.45) is 9.14. The third-order valence-electron chi connectivity index (χ3n) is 11.2. The minimum absolute atomic E-state index is 0.193. The molecule has 8 aromatic rings. The maximum Gasteiger partial charge on any atom is 0.0630 e. The van der Waals surface area contributed by atoms with Gasteiger partial charge in [0.1, 0.15) is 0 Å². The molecule has 10 rings (SSSR count). The van der Waals surface area contributed by atoms with Crippen LogP contribution in [0.4, 0.5) is 28.4 Å². The Labute approximate surface area is 329 Å². The molecule has 2 unspecified atom stereocenters. The van der Waals surface area contributed by atoms with E-state index in [1.807, 2.05) is 0 Å². The van der Waals surface area contributed by atoms with Gasteiger partial charge < -0.3 is 9.80 Å². The van der Waals surface area contributed by atoms with Crippen LogP contribution in [0.5, 0.6) is 0 Å². The van der Waals surface area contributed by atoms with Crippen LogP contribution in [0.3, 0.4) is 0 Å². The quantitative estimate of drug-likeness (QED) is 0.154. The summed E-state index contributed by atoms with van der Waals surface area (Å²) in [6, 6.07) is 74.7. The zero-order chi connectivity index (χ0) is 37.3. The van der Waals surface area contributed by atoms with Crippen molar-refractivity contribution in [3.05, 3.63) is 236 Å². The Kier molecular flexibility index (Phi) is 8.70. The van der Waals surface area contributed by atoms with E-state index in [0.29, 0.717) is 0 Å². The van der Waals surface area contributed by atoms with Crippen molar-refractivity contribution in [3.8, 4) is 44.5 Å². The summed E-state index contributed by atoms with van der Waals surface area (Å²) >= 11 is 0. The van der Waals surface area contributed by atoms with E-state index in [2.05, 4.69) is 240 Å². The Morgan fingerprint density at radius 3 is 1.39 bits per heavy atom. The highest BCUT2D eigenvalue weighted by atomic mass is 15.2. The van der Waals surface area contributed by atoms with Crippen LogP contribution in [0.1, 0.15) is 11.5 Å². The topological polar surface area (TPSA) is 6.48 Å². The average Bonchev–Trinajstić information content (AvgIpc) is 3.62. The Hall–Kier alpha value is -7.16. The van der Waals surface area contributed by atoms with E-state index in [0.717, 1.165) is 17.1 Å². The van der Waals surface area contributed by atoms with Crippen LogP contribution in [0.25, 0.3) is 44.5 Å². The molecule has 2 atom stereocenters. The monoisotopic (exact) mass is 716 g/mol. The molecule has 2 aliphatic rings. The fraction of sp³-hybridized carbons (Fsp3) is 0.0370. The highest BCUT2D eigenvalue weighted by Gasteiger charge is 2.39. The lowest BCUT2D eigenvalue weighted by Crippen LogP contribution is -2.28. The summed E-state index contributed by atoms with van der Waals surface area (Å²) in [5, 5.41) is 0. The summed E-state index contributed by atoms with van der Waals surface area (Å²) in [4.78, 5) is 4.90. The molecule has 0 fully saturated rings. The fourth-order valence-corrected chi connectivity index (χ4v) is 8.57. The van der Waals surface area contributed by atoms with Gasteiger partial charge >= 0.3 is 0 Å². The molecule has 1 aliphatic carbocycles. The second-order valence-corrected chi connectivity index (χ2v) is 14.5. The van der Waals surface area contributed by atoms with E-state index < -0.39 is 0 Å². The first-order valence-electron chi connectivity index (χ1n) is 19.4. The van der Waals surface area contributed by atoms with Gasteiger partial charge in [-0.2, -0.15) is 0 Å². The van der Waals surface area contributed by atoms with Gasteiger partial charge in [-0.3, -0.25) is 0 Å². The molecular formula is C54H40N2. The fourth-order valence-electron chi connectivity index (χ4n) is 8.57. The van der Waals surface area contributed by atoms with E-state index in [9.17, 15) is 0 Å². The van der Waals surface area contributed by atoms with Crippen LogP contribution in [0.2, 0.25) is 0 Å². The molecule has 0 aromatic heterocycles. The van der Waals surface area contributed by atoms with Gasteiger partial charge in [-0.05, 0) is 93.0 Å². The standard InChI is InChI=1S/C54H40N2/c1-4-15-39(16-5-1)40-27-29-41(30-28-40)42-31-35-46(36-32-42)55(45-19-8-3-9-20-45)47-37-33-44(34-38-47)48-21-10-12-24-51(48)56-52-25-13-11-22-50(52)54-49(23-14-26-53(54)56)43-17-6-2-7-18-43/h1-38,50,52H. The molecule has 266 valence electrons. The van der Waals surface area contributed by atoms with Crippen LogP contribution in [0.15, 0.2) is 231 Å². The molecule has 0 radical (unpaired) electrons. The Morgan fingerprint density at radius 1 is 0.321 bits per heavy atom. The van der Waals surface area contributed by atoms with E-state index in [1.54, 1.807) is 0 Å². The van der Waals surface area contributed by atoms with Crippen molar-refractivity contribution in [2.45, 2.75) is 12.0 Å². The maximum absolute atomic E-state index is 2.56. The lowest BCUT2D eigenvalue weighted by Gasteiger charge is -2.30. The second-order valence-electron chi connectivity index (χ2n) is 14.5. The molecular weight excluding hydrogens is 677 g/mol. The molecule has 1 aliphatic heterocycles. The Morgan fingerprint density at radius 2 is 0.750 bits per heavy atom. The molecule has 0 saturated heterocycles. The predicted octanol–water partition coefficient (Wildman–Crippen LogP) is 14.6. The number of allylic oxidation sites excluding steroid dienone is 2. The normalized spacial score (nSPS) is 15.3. The Bertz CT molecular complexity index is 2660. The summed E-state index contributed by atoms with van der Waals surface area (Å²) in [6.45, 7) is 0. The number of para-hydroxylation sites is 2. The first-order valence-corrected chi connectivity index (χ1v) is 19.4. The van der Waals surface area contributed by atoms with E-state index in [1.165, 1.54) is 61.4 Å². The van der Waals surface area contributed by atoms with Crippen LogP contribution in [-0.4, -0.2) is 6.04 Å². The van der Waals surface area contributed by atoms with Gasteiger partial charge in [0, 0.05) is 39.9 Å². The highest BCUT2D eigenvalue weighted by Crippen LogP contribution is 2.53. The second kappa shape index (κ2) is 14.6. The predicted molar refractivity (Wildman–Crippen MR) is 236 cm³/mol. The van der Waals surface area contributed by atoms with Crippen molar-refractivity contribution >= 4 is 28.4 Å². The number of anilines is 5. The molecule has 2 nitrogen and oxygen atoms in total. The molecule has 2 heteroatoms. The van der Waals surface area contributed by atoms with Gasteiger partial charge in [0.2, 0.25) is 0 Å². The molecule has 0 saturated carbocycles. The molecule has 0 bridgehead atoms. The van der Waals surface area contributed by atoms with Crippen LogP contribution in [-0.2, 0) is 0 Å². The zero-order valence-corrected chi connectivity index (χ0v) is 31.0. The molecule has 56 heavy (non-hydrogen) atoms. The van der Waals surface area contributed by atoms with Crippen LogP contribution in [0, 0.1) is 0 Å². The molecule has 0 N–H and O–H groups in total. The van der Waals surface area contributed by atoms with Gasteiger partial charge in [0.25, 0.3) is 0 Å². The molecule has 1 heterocycles. The van der Waals surface area contributed by atoms with Gasteiger partial charge in [0.05, 0.1) is 6.04 Å². The molecule has 8 aromatic carbocycles. The smallest absolute Gasteiger partial charge is 0.0630 e. The Balaban J connectivity index is 0.987. The van der Waals surface area contributed by atoms with Gasteiger partial charge in [-0.25, -0.2) is 0 Å². The maximum atomic E-state index is 2.56. The lowest BCUT2D eigenvalue weighted by molar-refractivity contribution is 0.746. The van der Waals surface area contributed by atoms with Gasteiger partial charge in [-0.15, -0.1) is 0 Å². The minimum Gasteiger partial charge on any atom is -0.333 e. The number of rotatable bonds is 8. The lowest BCUT2D eigenvalue weighted by atomic mass is 9.86. The zero-order valence-electron chi connectivity index (χ0n) is 31.0. The summed E-state index contributed by atoms with van der Waals surface area (Å²) in [5.74, 6) is 0.265. The average molecular weight is 717 g/mol. The van der Waals surface area contributed by atoms with Crippen molar-refractivity contribution in [1.82, 2.24) is 0 Å². The van der Waals surface area contributed by atoms with Crippen LogP contribution >= 0.6 is 0 Å².